The molecular weight excluding hydrogens is 260 g/mol. The van der Waals surface area contributed by atoms with E-state index in [4.69, 9.17) is 15.7 Å². The van der Waals surface area contributed by atoms with Gasteiger partial charge in [0.25, 0.3) is 0 Å². The summed E-state index contributed by atoms with van der Waals surface area (Å²) in [6, 6.07) is 12.7. The molecule has 0 atom stereocenters. The number of hydrogen-bond acceptors (Lipinski definition) is 5. The third kappa shape index (κ3) is 3.42. The van der Waals surface area contributed by atoms with Gasteiger partial charge in [-0.15, -0.1) is 0 Å². The molecule has 98 valence electrons. The Bertz CT molecular complexity index is 597. The van der Waals surface area contributed by atoms with Crippen LogP contribution < -0.4 is 15.7 Å². The van der Waals surface area contributed by atoms with Crippen LogP contribution in [-0.2, 0) is 4.79 Å². The number of anilines is 2. The summed E-state index contributed by atoms with van der Waals surface area (Å²) in [7, 11) is 0. The molecule has 2 rings (SSSR count). The topological polar surface area (TPSA) is 78.3 Å². The molecule has 4 nitrogen and oxygen atoms in total. The van der Waals surface area contributed by atoms with Crippen molar-refractivity contribution in [1.82, 2.24) is 0 Å². The van der Waals surface area contributed by atoms with Crippen molar-refractivity contribution in [3.05, 3.63) is 42.5 Å². The molecule has 0 fully saturated rings. The fraction of sp³-hybridized carbons (Fsp3) is 0.0714. The smallest absolute Gasteiger partial charge is 0.224 e. The Hall–Kier alpha value is -2.14. The molecule has 5 heteroatoms. The first-order chi connectivity index (χ1) is 9.06. The minimum atomic E-state index is -0.111. The minimum absolute atomic E-state index is 0.111. The lowest BCUT2D eigenvalue weighted by Gasteiger charge is -2.10. The Kier molecular flexibility index (Phi) is 3.97. The van der Waals surface area contributed by atoms with Crippen molar-refractivity contribution in [3.63, 3.8) is 0 Å². The van der Waals surface area contributed by atoms with Crippen LogP contribution in [0.3, 0.4) is 0 Å². The summed E-state index contributed by atoms with van der Waals surface area (Å²) in [6.45, 7) is 1.45. The van der Waals surface area contributed by atoms with Crippen molar-refractivity contribution in [2.75, 3.05) is 11.5 Å². The molecule has 19 heavy (non-hydrogen) atoms. The Morgan fingerprint density at radius 3 is 2.32 bits per heavy atom. The van der Waals surface area contributed by atoms with Crippen molar-refractivity contribution >= 4 is 28.5 Å². The average molecular weight is 274 g/mol. The molecule has 0 aliphatic heterocycles. The molecule has 2 aromatic rings. The molecule has 0 heterocycles. The van der Waals surface area contributed by atoms with Gasteiger partial charge < -0.3 is 15.7 Å². The zero-order valence-electron chi connectivity index (χ0n) is 10.4. The summed E-state index contributed by atoms with van der Waals surface area (Å²) in [5.41, 5.74) is 14.5. The lowest BCUT2D eigenvalue weighted by molar-refractivity contribution is -0.109. The normalized spacial score (nSPS) is 10.2. The van der Waals surface area contributed by atoms with Crippen molar-refractivity contribution in [2.45, 2.75) is 6.92 Å². The summed E-state index contributed by atoms with van der Waals surface area (Å²) < 4.78 is 5.42. The lowest BCUT2D eigenvalue weighted by Crippen LogP contribution is -1.93. The van der Waals surface area contributed by atoms with Crippen molar-refractivity contribution < 1.29 is 8.98 Å². The number of carbonyl (C=O) groups is 1. The zero-order chi connectivity index (χ0) is 13.8. The Morgan fingerprint density at radius 2 is 1.68 bits per heavy atom. The van der Waals surface area contributed by atoms with Gasteiger partial charge in [-0.3, -0.25) is 4.79 Å². The van der Waals surface area contributed by atoms with Gasteiger partial charge in [-0.2, -0.15) is 0 Å². The number of nitrogen functional groups attached to an aromatic ring is 2. The predicted molar refractivity (Wildman–Crippen MR) is 79.6 cm³/mol. The standard InChI is InChI=1S/C14H14N2O2S/c1-9(17)19-18-14-7-6-12(16)8-13(14)10-2-4-11(15)5-3-10/h2-8H,15-16H2,1H3. The molecule has 0 amide bonds. The van der Waals surface area contributed by atoms with Gasteiger partial charge >= 0.3 is 0 Å². The highest BCUT2D eigenvalue weighted by Crippen LogP contribution is 2.34. The molecule has 0 aromatic heterocycles. The molecule has 2 aromatic carbocycles. The maximum absolute atomic E-state index is 11.0. The molecule has 0 spiro atoms. The minimum Gasteiger partial charge on any atom is -0.417 e. The first-order valence-electron chi connectivity index (χ1n) is 5.67. The van der Waals surface area contributed by atoms with E-state index in [1.54, 1.807) is 24.3 Å². The highest BCUT2D eigenvalue weighted by Gasteiger charge is 2.09. The van der Waals surface area contributed by atoms with Crippen molar-refractivity contribution in [3.8, 4) is 16.9 Å². The Balaban J connectivity index is 2.39. The van der Waals surface area contributed by atoms with Gasteiger partial charge in [0.1, 0.15) is 17.8 Å². The van der Waals surface area contributed by atoms with E-state index in [-0.39, 0.29) is 5.12 Å². The molecule has 0 bridgehead atoms. The number of carbonyl (C=O) groups excluding carboxylic acids is 1. The van der Waals surface area contributed by atoms with Gasteiger partial charge in [0.15, 0.2) is 0 Å². The summed E-state index contributed by atoms with van der Waals surface area (Å²) in [5, 5.41) is -0.111. The third-order valence-corrected chi connectivity index (χ3v) is 2.97. The number of benzene rings is 2. The van der Waals surface area contributed by atoms with Crippen LogP contribution in [0.25, 0.3) is 11.1 Å². The van der Waals surface area contributed by atoms with Crippen LogP contribution in [0.1, 0.15) is 6.92 Å². The van der Waals surface area contributed by atoms with E-state index in [1.807, 2.05) is 18.2 Å². The fourth-order valence-electron chi connectivity index (χ4n) is 1.61. The van der Waals surface area contributed by atoms with Crippen LogP contribution in [0.2, 0.25) is 0 Å². The van der Waals surface area contributed by atoms with Gasteiger partial charge in [-0.25, -0.2) is 0 Å². The van der Waals surface area contributed by atoms with Crippen molar-refractivity contribution in [2.24, 2.45) is 0 Å². The van der Waals surface area contributed by atoms with E-state index >= 15 is 0 Å². The first kappa shape index (κ1) is 13.3. The highest BCUT2D eigenvalue weighted by molar-refractivity contribution is 8.09. The van der Waals surface area contributed by atoms with Crippen molar-refractivity contribution in [1.29, 1.82) is 0 Å². The number of rotatable bonds is 3. The molecular formula is C14H14N2O2S. The Morgan fingerprint density at radius 1 is 1.05 bits per heavy atom. The van der Waals surface area contributed by atoms with Gasteiger partial charge in [-0.1, -0.05) is 12.1 Å². The summed E-state index contributed by atoms with van der Waals surface area (Å²) in [4.78, 5) is 11.0. The first-order valence-corrected chi connectivity index (χ1v) is 6.41. The van der Waals surface area contributed by atoms with Gasteiger partial charge in [0, 0.05) is 23.9 Å². The van der Waals surface area contributed by atoms with E-state index in [9.17, 15) is 4.79 Å². The lowest BCUT2D eigenvalue weighted by atomic mass is 10.0. The van der Waals surface area contributed by atoms with Crippen LogP contribution >= 0.6 is 12.0 Å². The quantitative estimate of drug-likeness (QED) is 0.664. The van der Waals surface area contributed by atoms with E-state index in [2.05, 4.69) is 0 Å². The molecule has 0 aliphatic rings. The second-order valence-electron chi connectivity index (χ2n) is 4.04. The Labute approximate surface area is 116 Å². The fourth-order valence-corrected chi connectivity index (χ4v) is 1.96. The van der Waals surface area contributed by atoms with Gasteiger partial charge in [0.05, 0.1) is 0 Å². The van der Waals surface area contributed by atoms with E-state index in [0.717, 1.165) is 23.2 Å². The summed E-state index contributed by atoms with van der Waals surface area (Å²) in [5.74, 6) is 0.596. The summed E-state index contributed by atoms with van der Waals surface area (Å²) in [6.07, 6.45) is 0. The molecule has 0 saturated carbocycles. The maximum Gasteiger partial charge on any atom is 0.224 e. The van der Waals surface area contributed by atoms with Gasteiger partial charge in [-0.05, 0) is 35.9 Å². The molecule has 0 aliphatic carbocycles. The zero-order valence-corrected chi connectivity index (χ0v) is 11.2. The van der Waals surface area contributed by atoms with Crippen LogP contribution in [0, 0.1) is 0 Å². The van der Waals surface area contributed by atoms with Crippen LogP contribution in [0.15, 0.2) is 42.5 Å². The van der Waals surface area contributed by atoms with E-state index < -0.39 is 0 Å². The predicted octanol–water partition coefficient (Wildman–Crippen LogP) is 3.09. The number of hydrogen-bond donors (Lipinski definition) is 2. The second-order valence-corrected chi connectivity index (χ2v) is 4.94. The highest BCUT2D eigenvalue weighted by atomic mass is 32.2. The van der Waals surface area contributed by atoms with E-state index in [1.165, 1.54) is 6.92 Å². The van der Waals surface area contributed by atoms with Crippen LogP contribution in [-0.4, -0.2) is 5.12 Å². The van der Waals surface area contributed by atoms with E-state index in [0.29, 0.717) is 17.1 Å². The largest absolute Gasteiger partial charge is 0.417 e. The molecule has 0 unspecified atom stereocenters. The average Bonchev–Trinajstić information content (AvgIpc) is 2.38. The van der Waals surface area contributed by atoms with Crippen LogP contribution in [0.5, 0.6) is 5.75 Å². The monoisotopic (exact) mass is 274 g/mol. The molecule has 0 saturated heterocycles. The maximum atomic E-state index is 11.0. The summed E-state index contributed by atoms with van der Waals surface area (Å²) >= 11 is 0.798. The van der Waals surface area contributed by atoms with Crippen LogP contribution in [0.4, 0.5) is 11.4 Å². The SMILES string of the molecule is CC(=O)SOc1ccc(N)cc1-c1ccc(N)cc1. The second kappa shape index (κ2) is 5.67. The third-order valence-electron chi connectivity index (χ3n) is 2.47. The molecule has 4 N–H and O–H groups in total. The van der Waals surface area contributed by atoms with Gasteiger partial charge in [0.2, 0.25) is 5.12 Å². The molecule has 0 radical (unpaired) electrons. The number of nitrogens with two attached hydrogens (primary N) is 2.